The highest BCUT2D eigenvalue weighted by Crippen LogP contribution is 2.36. The van der Waals surface area contributed by atoms with Crippen LogP contribution in [0.3, 0.4) is 0 Å². The molecule has 0 aliphatic carbocycles. The fraction of sp³-hybridized carbons (Fsp3) is 0.333. The standard InChI is InChI=1S/C12H12ClN3OS/c1-7-15-16-12(18-7)14-10-4-5-17-11-3-2-8(13)6-9(10)11/h2-3,6,10H,4-5H2,1H3,(H,14,16). The first-order chi connectivity index (χ1) is 8.72. The van der Waals surface area contributed by atoms with Crippen molar-refractivity contribution in [2.45, 2.75) is 19.4 Å². The van der Waals surface area contributed by atoms with Crippen molar-refractivity contribution in [3.63, 3.8) is 0 Å². The lowest BCUT2D eigenvalue weighted by Gasteiger charge is -2.26. The van der Waals surface area contributed by atoms with Gasteiger partial charge in [-0.1, -0.05) is 22.9 Å². The summed E-state index contributed by atoms with van der Waals surface area (Å²) in [5, 5.41) is 14.0. The lowest BCUT2D eigenvalue weighted by molar-refractivity contribution is 0.274. The molecule has 0 radical (unpaired) electrons. The number of anilines is 1. The van der Waals surface area contributed by atoms with E-state index in [4.69, 9.17) is 16.3 Å². The van der Waals surface area contributed by atoms with Crippen LogP contribution in [0.4, 0.5) is 5.13 Å². The summed E-state index contributed by atoms with van der Waals surface area (Å²) >= 11 is 7.59. The number of aromatic nitrogens is 2. The number of hydrogen-bond acceptors (Lipinski definition) is 5. The molecule has 1 N–H and O–H groups in total. The minimum absolute atomic E-state index is 0.180. The molecule has 3 rings (SSSR count). The van der Waals surface area contributed by atoms with Gasteiger partial charge in [-0.3, -0.25) is 0 Å². The summed E-state index contributed by atoms with van der Waals surface area (Å²) in [6.07, 6.45) is 0.895. The van der Waals surface area contributed by atoms with Gasteiger partial charge in [0.2, 0.25) is 5.13 Å². The molecule has 6 heteroatoms. The van der Waals surface area contributed by atoms with E-state index in [1.54, 1.807) is 11.3 Å². The van der Waals surface area contributed by atoms with E-state index < -0.39 is 0 Å². The van der Waals surface area contributed by atoms with Crippen molar-refractivity contribution in [3.8, 4) is 5.75 Å². The van der Waals surface area contributed by atoms with Gasteiger partial charge in [-0.15, -0.1) is 10.2 Å². The summed E-state index contributed by atoms with van der Waals surface area (Å²) in [5.41, 5.74) is 1.08. The van der Waals surface area contributed by atoms with Crippen molar-refractivity contribution in [1.82, 2.24) is 10.2 Å². The Bertz CT molecular complexity index is 572. The first-order valence-corrected chi connectivity index (χ1v) is 6.91. The number of aryl methyl sites for hydroxylation is 1. The summed E-state index contributed by atoms with van der Waals surface area (Å²) in [4.78, 5) is 0. The topological polar surface area (TPSA) is 47.0 Å². The fourth-order valence-electron chi connectivity index (χ4n) is 2.02. The third-order valence-electron chi connectivity index (χ3n) is 2.84. The van der Waals surface area contributed by atoms with Crippen LogP contribution in [0.2, 0.25) is 5.02 Å². The number of fused-ring (bicyclic) bond motifs is 1. The predicted molar refractivity (Wildman–Crippen MR) is 72.6 cm³/mol. The number of benzene rings is 1. The van der Waals surface area contributed by atoms with Gasteiger partial charge in [0.25, 0.3) is 0 Å². The Labute approximate surface area is 114 Å². The maximum atomic E-state index is 6.04. The number of nitrogens with one attached hydrogen (secondary N) is 1. The molecule has 2 aromatic rings. The van der Waals surface area contributed by atoms with Crippen LogP contribution in [-0.2, 0) is 0 Å². The number of ether oxygens (including phenoxy) is 1. The van der Waals surface area contributed by atoms with Crippen molar-refractivity contribution < 1.29 is 4.74 Å². The quantitative estimate of drug-likeness (QED) is 0.916. The largest absolute Gasteiger partial charge is 0.493 e. The molecule has 1 unspecified atom stereocenters. The highest BCUT2D eigenvalue weighted by atomic mass is 35.5. The van der Waals surface area contributed by atoms with Gasteiger partial charge in [-0.25, -0.2) is 0 Å². The Morgan fingerprint density at radius 3 is 3.11 bits per heavy atom. The molecule has 1 aromatic carbocycles. The highest BCUT2D eigenvalue weighted by Gasteiger charge is 2.22. The Morgan fingerprint density at radius 2 is 2.33 bits per heavy atom. The second kappa shape index (κ2) is 4.74. The zero-order valence-corrected chi connectivity index (χ0v) is 11.4. The van der Waals surface area contributed by atoms with E-state index in [-0.39, 0.29) is 6.04 Å². The van der Waals surface area contributed by atoms with Crippen LogP contribution < -0.4 is 10.1 Å². The van der Waals surface area contributed by atoms with Gasteiger partial charge in [0.15, 0.2) is 0 Å². The Kier molecular flexibility index (Phi) is 3.09. The number of nitrogens with zero attached hydrogens (tertiary/aromatic N) is 2. The molecule has 1 atom stereocenters. The SMILES string of the molecule is Cc1nnc(NC2CCOc3ccc(Cl)cc32)s1. The van der Waals surface area contributed by atoms with Gasteiger partial charge in [-0.2, -0.15) is 0 Å². The molecule has 1 aromatic heterocycles. The minimum Gasteiger partial charge on any atom is -0.493 e. The van der Waals surface area contributed by atoms with Gasteiger partial charge in [0.1, 0.15) is 10.8 Å². The number of rotatable bonds is 2. The van der Waals surface area contributed by atoms with Crippen molar-refractivity contribution in [2.75, 3.05) is 11.9 Å². The summed E-state index contributed by atoms with van der Waals surface area (Å²) in [7, 11) is 0. The van der Waals surface area contributed by atoms with Gasteiger partial charge >= 0.3 is 0 Å². The maximum Gasteiger partial charge on any atom is 0.206 e. The van der Waals surface area contributed by atoms with Crippen molar-refractivity contribution in [1.29, 1.82) is 0 Å². The summed E-state index contributed by atoms with van der Waals surface area (Å²) < 4.78 is 5.62. The van der Waals surface area contributed by atoms with Crippen molar-refractivity contribution in [2.24, 2.45) is 0 Å². The molecule has 94 valence electrons. The zero-order chi connectivity index (χ0) is 12.5. The van der Waals surface area contributed by atoms with Crippen LogP contribution in [0, 0.1) is 6.92 Å². The molecular weight excluding hydrogens is 270 g/mol. The first kappa shape index (κ1) is 11.7. The van der Waals surface area contributed by atoms with Crippen LogP contribution in [-0.4, -0.2) is 16.8 Å². The Balaban J connectivity index is 1.88. The molecule has 0 fully saturated rings. The molecule has 0 bridgehead atoms. The second-order valence-corrected chi connectivity index (χ2v) is 5.76. The zero-order valence-electron chi connectivity index (χ0n) is 9.81. The van der Waals surface area contributed by atoms with Crippen LogP contribution >= 0.6 is 22.9 Å². The minimum atomic E-state index is 0.180. The molecule has 0 spiro atoms. The Hall–Kier alpha value is -1.33. The molecule has 18 heavy (non-hydrogen) atoms. The van der Waals surface area contributed by atoms with Crippen molar-refractivity contribution >= 4 is 28.1 Å². The fourth-order valence-corrected chi connectivity index (χ4v) is 2.84. The van der Waals surface area contributed by atoms with E-state index in [1.807, 2.05) is 25.1 Å². The van der Waals surface area contributed by atoms with E-state index in [2.05, 4.69) is 15.5 Å². The van der Waals surface area contributed by atoms with E-state index in [9.17, 15) is 0 Å². The molecule has 0 saturated carbocycles. The molecule has 1 aliphatic rings. The third kappa shape index (κ3) is 2.28. The van der Waals surface area contributed by atoms with Crippen molar-refractivity contribution in [3.05, 3.63) is 33.8 Å². The maximum absolute atomic E-state index is 6.04. The lowest BCUT2D eigenvalue weighted by Crippen LogP contribution is -2.20. The van der Waals surface area contributed by atoms with Crippen LogP contribution in [0.1, 0.15) is 23.0 Å². The monoisotopic (exact) mass is 281 g/mol. The van der Waals surface area contributed by atoms with E-state index in [0.29, 0.717) is 6.61 Å². The van der Waals surface area contributed by atoms with E-state index in [1.165, 1.54) is 0 Å². The third-order valence-corrected chi connectivity index (χ3v) is 3.84. The van der Waals surface area contributed by atoms with Crippen LogP contribution in [0.5, 0.6) is 5.75 Å². The molecule has 2 heterocycles. The molecular formula is C12H12ClN3OS. The second-order valence-electron chi connectivity index (χ2n) is 4.14. The summed E-state index contributed by atoms with van der Waals surface area (Å²) in [5.74, 6) is 0.893. The smallest absolute Gasteiger partial charge is 0.206 e. The van der Waals surface area contributed by atoms with E-state index >= 15 is 0 Å². The average molecular weight is 282 g/mol. The normalized spacial score (nSPS) is 18.0. The van der Waals surface area contributed by atoms with Gasteiger partial charge in [-0.05, 0) is 25.1 Å². The average Bonchev–Trinajstić information content (AvgIpc) is 2.76. The molecule has 4 nitrogen and oxygen atoms in total. The predicted octanol–water partition coefficient (Wildman–Crippen LogP) is 3.44. The molecule has 1 aliphatic heterocycles. The molecule has 0 saturated heterocycles. The Morgan fingerprint density at radius 1 is 1.44 bits per heavy atom. The van der Waals surface area contributed by atoms with Gasteiger partial charge in [0, 0.05) is 17.0 Å². The highest BCUT2D eigenvalue weighted by molar-refractivity contribution is 7.15. The van der Waals surface area contributed by atoms with Gasteiger partial charge in [0.05, 0.1) is 12.6 Å². The van der Waals surface area contributed by atoms with Gasteiger partial charge < -0.3 is 10.1 Å². The first-order valence-electron chi connectivity index (χ1n) is 5.71. The number of hydrogen-bond donors (Lipinski definition) is 1. The summed E-state index contributed by atoms with van der Waals surface area (Å²) in [6.45, 7) is 2.64. The summed E-state index contributed by atoms with van der Waals surface area (Å²) in [6, 6.07) is 5.89. The molecule has 0 amide bonds. The van der Waals surface area contributed by atoms with E-state index in [0.717, 1.165) is 32.9 Å². The lowest BCUT2D eigenvalue weighted by atomic mass is 10.0. The van der Waals surface area contributed by atoms with Crippen LogP contribution in [0.25, 0.3) is 0 Å². The number of halogens is 1. The van der Waals surface area contributed by atoms with Crippen LogP contribution in [0.15, 0.2) is 18.2 Å².